The van der Waals surface area contributed by atoms with Crippen LogP contribution in [0.15, 0.2) is 12.4 Å². The standard InChI is InChI=1S/C18H41N3Si3/c1-10-23(11-2,12-3)21(24(13-4,14-5)15-6)18-16-19-20(17-18)22(7,8)9/h16-17H,10-15H2,1-9H3. The smallest absolute Gasteiger partial charge is 0.176 e. The van der Waals surface area contributed by atoms with E-state index in [0.29, 0.717) is 0 Å². The first-order valence-electron chi connectivity index (χ1n) is 10.1. The molecule has 1 heterocycles. The van der Waals surface area contributed by atoms with Crippen LogP contribution in [0.1, 0.15) is 41.5 Å². The molecule has 0 aliphatic carbocycles. The molecule has 0 aliphatic heterocycles. The van der Waals surface area contributed by atoms with Gasteiger partial charge in [-0.15, -0.1) is 0 Å². The number of nitrogens with zero attached hydrogens (tertiary/aromatic N) is 3. The van der Waals surface area contributed by atoms with Crippen molar-refractivity contribution in [1.82, 2.24) is 9.45 Å². The van der Waals surface area contributed by atoms with Crippen molar-refractivity contribution in [3.8, 4) is 0 Å². The zero-order valence-electron chi connectivity index (χ0n) is 17.7. The van der Waals surface area contributed by atoms with Crippen LogP contribution in [0, 0.1) is 0 Å². The Labute approximate surface area is 154 Å². The molecular weight excluding hydrogens is 342 g/mol. The predicted octanol–water partition coefficient (Wildman–Crippen LogP) is 6.38. The van der Waals surface area contributed by atoms with Crippen LogP contribution in [0.25, 0.3) is 0 Å². The summed E-state index contributed by atoms with van der Waals surface area (Å²) in [4.78, 5) is 0. The third-order valence-electron chi connectivity index (χ3n) is 6.41. The highest BCUT2D eigenvalue weighted by atomic mass is 28.4. The molecule has 0 atom stereocenters. The quantitative estimate of drug-likeness (QED) is 0.437. The maximum Gasteiger partial charge on any atom is 0.176 e. The summed E-state index contributed by atoms with van der Waals surface area (Å²) in [7, 11) is -4.38. The van der Waals surface area contributed by atoms with Crippen molar-refractivity contribution >= 4 is 30.4 Å². The first-order chi connectivity index (χ1) is 11.2. The monoisotopic (exact) mass is 383 g/mol. The van der Waals surface area contributed by atoms with Gasteiger partial charge in [0.05, 0.1) is 11.9 Å². The fraction of sp³-hybridized carbons (Fsp3) is 0.833. The molecule has 24 heavy (non-hydrogen) atoms. The van der Waals surface area contributed by atoms with Crippen LogP contribution in [0.4, 0.5) is 5.69 Å². The normalized spacial score (nSPS) is 13.4. The van der Waals surface area contributed by atoms with E-state index in [1.807, 2.05) is 0 Å². The van der Waals surface area contributed by atoms with Crippen LogP contribution in [-0.2, 0) is 0 Å². The average Bonchev–Trinajstić information content (AvgIpc) is 3.06. The molecule has 0 aromatic carbocycles. The van der Waals surface area contributed by atoms with E-state index in [2.05, 4.69) is 82.2 Å². The minimum Gasteiger partial charge on any atom is -0.421 e. The maximum atomic E-state index is 4.82. The molecule has 0 fully saturated rings. The van der Waals surface area contributed by atoms with Crippen molar-refractivity contribution < 1.29 is 0 Å². The molecule has 1 rings (SSSR count). The molecule has 3 nitrogen and oxygen atoms in total. The Morgan fingerprint density at radius 3 is 1.42 bits per heavy atom. The van der Waals surface area contributed by atoms with E-state index in [-0.39, 0.29) is 0 Å². The molecule has 6 heteroatoms. The van der Waals surface area contributed by atoms with E-state index in [1.54, 1.807) is 0 Å². The van der Waals surface area contributed by atoms with Crippen molar-refractivity contribution in [2.45, 2.75) is 97.4 Å². The summed E-state index contributed by atoms with van der Waals surface area (Å²) < 4.78 is 5.36. The molecule has 0 spiro atoms. The summed E-state index contributed by atoms with van der Waals surface area (Å²) in [6.45, 7) is 21.8. The van der Waals surface area contributed by atoms with Gasteiger partial charge in [0.25, 0.3) is 0 Å². The lowest BCUT2D eigenvalue weighted by Crippen LogP contribution is -2.66. The minimum atomic E-state index is -1.47. The first-order valence-corrected chi connectivity index (χ1v) is 18.6. The molecular formula is C18H41N3Si3. The molecule has 0 unspecified atom stereocenters. The molecule has 0 N–H and O–H groups in total. The van der Waals surface area contributed by atoms with Gasteiger partial charge in [-0.3, -0.25) is 4.35 Å². The van der Waals surface area contributed by atoms with Gasteiger partial charge >= 0.3 is 0 Å². The second kappa shape index (κ2) is 8.36. The molecule has 0 aliphatic rings. The topological polar surface area (TPSA) is 21.1 Å². The van der Waals surface area contributed by atoms with E-state index in [4.69, 9.17) is 5.10 Å². The van der Waals surface area contributed by atoms with Crippen molar-refractivity contribution in [1.29, 1.82) is 0 Å². The molecule has 0 bridgehead atoms. The second-order valence-electron chi connectivity index (χ2n) is 8.22. The summed E-state index contributed by atoms with van der Waals surface area (Å²) in [6, 6.07) is 8.12. The molecule has 1 aromatic heterocycles. The van der Waals surface area contributed by atoms with Crippen LogP contribution < -0.4 is 4.23 Å². The van der Waals surface area contributed by atoms with Gasteiger partial charge in [-0.1, -0.05) is 41.5 Å². The lowest BCUT2D eigenvalue weighted by atomic mass is 10.6. The van der Waals surface area contributed by atoms with Gasteiger partial charge in [-0.25, -0.2) is 0 Å². The van der Waals surface area contributed by atoms with Crippen LogP contribution >= 0.6 is 0 Å². The van der Waals surface area contributed by atoms with Crippen LogP contribution in [-0.4, -0.2) is 34.2 Å². The molecule has 0 saturated carbocycles. The van der Waals surface area contributed by atoms with Gasteiger partial charge in [-0.05, 0) is 55.9 Å². The van der Waals surface area contributed by atoms with Crippen molar-refractivity contribution in [3.63, 3.8) is 0 Å². The molecule has 1 aromatic rings. The fourth-order valence-electron chi connectivity index (χ4n) is 4.30. The minimum absolute atomic E-state index is 1.35. The summed E-state index contributed by atoms with van der Waals surface area (Å²) in [5.74, 6) is 0. The Bertz CT molecular complexity index is 463. The van der Waals surface area contributed by atoms with Crippen LogP contribution in [0.5, 0.6) is 0 Å². The first kappa shape index (κ1) is 21.7. The predicted molar refractivity (Wildman–Crippen MR) is 118 cm³/mol. The zero-order chi connectivity index (χ0) is 18.6. The Hall–Kier alpha value is -0.339. The fourth-order valence-corrected chi connectivity index (χ4v) is 18.3. The van der Waals surface area contributed by atoms with E-state index in [9.17, 15) is 0 Å². The molecule has 0 saturated heterocycles. The highest BCUT2D eigenvalue weighted by Gasteiger charge is 2.46. The SMILES string of the molecule is CC[Si](CC)(CC)N(c1cnn([Si](C)(C)C)c1)[Si](CC)(CC)CC. The van der Waals surface area contributed by atoms with Crippen molar-refractivity contribution in [2.24, 2.45) is 0 Å². The van der Waals surface area contributed by atoms with Gasteiger partial charge in [-0.2, -0.15) is 5.10 Å². The van der Waals surface area contributed by atoms with Gasteiger partial charge in [0.1, 0.15) is 16.5 Å². The number of hydrogen-bond acceptors (Lipinski definition) is 2. The van der Waals surface area contributed by atoms with E-state index in [1.165, 1.54) is 42.0 Å². The Kier molecular flexibility index (Phi) is 7.56. The van der Waals surface area contributed by atoms with E-state index in [0.717, 1.165) is 0 Å². The van der Waals surface area contributed by atoms with Crippen molar-refractivity contribution in [2.75, 3.05) is 4.23 Å². The molecule has 0 radical (unpaired) electrons. The Morgan fingerprint density at radius 2 is 1.17 bits per heavy atom. The highest BCUT2D eigenvalue weighted by Crippen LogP contribution is 2.39. The zero-order valence-corrected chi connectivity index (χ0v) is 20.7. The molecule has 140 valence electrons. The van der Waals surface area contributed by atoms with Gasteiger partial charge in [0.2, 0.25) is 0 Å². The lowest BCUT2D eigenvalue weighted by Gasteiger charge is -2.53. The largest absolute Gasteiger partial charge is 0.421 e. The number of anilines is 1. The Balaban J connectivity index is 3.57. The molecule has 0 amide bonds. The summed E-state index contributed by atoms with van der Waals surface area (Å²) >= 11 is 0. The lowest BCUT2D eigenvalue weighted by molar-refractivity contribution is 0.934. The van der Waals surface area contributed by atoms with E-state index < -0.39 is 24.7 Å². The summed E-state index contributed by atoms with van der Waals surface area (Å²) in [5, 5.41) is 4.82. The van der Waals surface area contributed by atoms with Gasteiger partial charge < -0.3 is 4.23 Å². The number of aromatic nitrogens is 2. The summed E-state index contributed by atoms with van der Waals surface area (Å²) in [6.07, 6.45) is 4.60. The van der Waals surface area contributed by atoms with E-state index >= 15 is 0 Å². The maximum absolute atomic E-state index is 4.82. The van der Waals surface area contributed by atoms with Crippen LogP contribution in [0.2, 0.25) is 55.9 Å². The van der Waals surface area contributed by atoms with Crippen LogP contribution in [0.3, 0.4) is 0 Å². The number of hydrogen-bond donors (Lipinski definition) is 0. The summed E-state index contributed by atoms with van der Waals surface area (Å²) in [5.41, 5.74) is 1.45. The van der Waals surface area contributed by atoms with Gasteiger partial charge in [0, 0.05) is 6.20 Å². The Morgan fingerprint density at radius 1 is 0.792 bits per heavy atom. The third-order valence-corrected chi connectivity index (χ3v) is 21.2. The van der Waals surface area contributed by atoms with Gasteiger partial charge in [0.15, 0.2) is 8.24 Å². The van der Waals surface area contributed by atoms with Crippen molar-refractivity contribution in [3.05, 3.63) is 12.4 Å². The highest BCUT2D eigenvalue weighted by molar-refractivity contribution is 7.02. The second-order valence-corrected chi connectivity index (χ2v) is 23.5. The third kappa shape index (κ3) is 3.90. The average molecular weight is 384 g/mol. The number of rotatable bonds is 10.